The molecule has 0 unspecified atom stereocenters. The third kappa shape index (κ3) is 2.16. The minimum absolute atomic E-state index is 0.122. The van der Waals surface area contributed by atoms with Crippen molar-refractivity contribution in [3.05, 3.63) is 31.9 Å². The number of nitrogens with two attached hydrogens (primary N) is 1. The molecule has 1 aliphatic carbocycles. The molecule has 5 N–H and O–H groups in total. The normalized spacial score (nSPS) is 27.3. The van der Waals surface area contributed by atoms with Gasteiger partial charge in [-0.3, -0.25) is 4.57 Å². The van der Waals surface area contributed by atoms with E-state index in [1.165, 1.54) is 16.8 Å². The zero-order valence-corrected chi connectivity index (χ0v) is 11.4. The van der Waals surface area contributed by atoms with Crippen LogP contribution in [0.5, 0.6) is 0 Å². The minimum Gasteiger partial charge on any atom is -0.392 e. The van der Waals surface area contributed by atoms with Gasteiger partial charge in [0.2, 0.25) is 0 Å². The summed E-state index contributed by atoms with van der Waals surface area (Å²) >= 11 is 1.92. The maximum Gasteiger partial charge on any atom is 0.350 e. The number of halogens is 1. The van der Waals surface area contributed by atoms with E-state index in [9.17, 15) is 15.0 Å². The van der Waals surface area contributed by atoms with Crippen molar-refractivity contribution in [3.8, 4) is 0 Å². The van der Waals surface area contributed by atoms with Crippen LogP contribution in [0.25, 0.3) is 0 Å². The molecule has 1 aromatic heterocycles. The van der Waals surface area contributed by atoms with Gasteiger partial charge in [-0.2, -0.15) is 4.98 Å². The van der Waals surface area contributed by atoms with Crippen LogP contribution < -0.4 is 11.4 Å². The highest BCUT2D eigenvalue weighted by Crippen LogP contribution is 2.28. The maximum atomic E-state index is 11.7. The van der Waals surface area contributed by atoms with Gasteiger partial charge in [0.15, 0.2) is 0 Å². The largest absolute Gasteiger partial charge is 0.392 e. The zero-order chi connectivity index (χ0) is 13.4. The molecule has 0 aromatic carbocycles. The molecule has 7 nitrogen and oxygen atoms in total. The summed E-state index contributed by atoms with van der Waals surface area (Å²) in [5.41, 5.74) is 5.18. The Hall–Kier alpha value is -0.970. The lowest BCUT2D eigenvalue weighted by atomic mass is 10.1. The second-order valence-corrected chi connectivity index (χ2v) is 5.15. The van der Waals surface area contributed by atoms with Gasteiger partial charge in [-0.15, -0.1) is 0 Å². The first-order valence-corrected chi connectivity index (χ1v) is 6.25. The van der Waals surface area contributed by atoms with Crippen molar-refractivity contribution in [1.82, 2.24) is 9.55 Å². The summed E-state index contributed by atoms with van der Waals surface area (Å²) in [6.07, 6.45) is 0.557. The highest BCUT2D eigenvalue weighted by atomic mass is 127. The smallest absolute Gasteiger partial charge is 0.350 e. The SMILES string of the molecule is Nc1nc(=O)n([C@@H]2C=C(CO)[C@@H](O)[C@H]2O)cc1I. The van der Waals surface area contributed by atoms with Crippen molar-refractivity contribution >= 4 is 28.4 Å². The molecule has 0 bridgehead atoms. The number of aromatic nitrogens is 2. The van der Waals surface area contributed by atoms with E-state index in [4.69, 9.17) is 10.8 Å². The lowest BCUT2D eigenvalue weighted by Crippen LogP contribution is -2.36. The molecule has 1 aliphatic rings. The Kier molecular flexibility index (Phi) is 3.71. The molecule has 1 aromatic rings. The molecule has 0 saturated carbocycles. The van der Waals surface area contributed by atoms with E-state index < -0.39 is 23.9 Å². The van der Waals surface area contributed by atoms with Crippen LogP contribution in [0.3, 0.4) is 0 Å². The van der Waals surface area contributed by atoms with Crippen LogP contribution in [0.1, 0.15) is 6.04 Å². The first kappa shape index (κ1) is 13.5. The van der Waals surface area contributed by atoms with Crippen LogP contribution in [-0.2, 0) is 0 Å². The number of hydrogen-bond acceptors (Lipinski definition) is 6. The van der Waals surface area contributed by atoms with Crippen molar-refractivity contribution in [2.45, 2.75) is 18.2 Å². The van der Waals surface area contributed by atoms with Crippen molar-refractivity contribution in [3.63, 3.8) is 0 Å². The second kappa shape index (κ2) is 4.96. The average Bonchev–Trinajstić information content (AvgIpc) is 2.61. The number of aliphatic hydroxyl groups is 3. The number of nitrogens with zero attached hydrogens (tertiary/aromatic N) is 2. The third-order valence-electron chi connectivity index (χ3n) is 2.88. The van der Waals surface area contributed by atoms with Gasteiger partial charge in [-0.05, 0) is 28.2 Å². The molecular weight excluding hydrogens is 353 g/mol. The van der Waals surface area contributed by atoms with Crippen LogP contribution in [0, 0.1) is 3.57 Å². The highest BCUT2D eigenvalue weighted by Gasteiger charge is 2.36. The van der Waals surface area contributed by atoms with E-state index in [1.807, 2.05) is 22.6 Å². The third-order valence-corrected chi connectivity index (χ3v) is 3.71. The number of aliphatic hydroxyl groups excluding tert-OH is 3. The van der Waals surface area contributed by atoms with Crippen LogP contribution in [0.2, 0.25) is 0 Å². The van der Waals surface area contributed by atoms with Crippen molar-refractivity contribution in [2.75, 3.05) is 12.3 Å². The van der Waals surface area contributed by atoms with Gasteiger partial charge >= 0.3 is 5.69 Å². The van der Waals surface area contributed by atoms with Gasteiger partial charge in [0.05, 0.1) is 16.2 Å². The standard InChI is InChI=1S/C10H12IN3O4/c11-5-2-14(10(18)13-9(5)12)6-1-4(3-15)7(16)8(6)17/h1-2,6-8,15-17H,3H2,(H2,12,13,18)/t6-,7-,8+/m1/s1. The fourth-order valence-corrected chi connectivity index (χ4v) is 2.31. The Bertz CT molecular complexity index is 557. The fraction of sp³-hybridized carbons (Fsp3) is 0.400. The van der Waals surface area contributed by atoms with E-state index in [1.54, 1.807) is 0 Å². The van der Waals surface area contributed by atoms with Crippen LogP contribution >= 0.6 is 22.6 Å². The Labute approximate surface area is 116 Å². The number of anilines is 1. The summed E-state index contributed by atoms with van der Waals surface area (Å²) in [6, 6.07) is -0.753. The van der Waals surface area contributed by atoms with E-state index >= 15 is 0 Å². The lowest BCUT2D eigenvalue weighted by Gasteiger charge is -2.19. The van der Waals surface area contributed by atoms with Gasteiger partial charge in [0.1, 0.15) is 18.0 Å². The Morgan fingerprint density at radius 2 is 2.17 bits per heavy atom. The molecule has 18 heavy (non-hydrogen) atoms. The minimum atomic E-state index is -1.19. The molecule has 0 saturated heterocycles. The Morgan fingerprint density at radius 1 is 1.50 bits per heavy atom. The number of nitrogen functional groups attached to an aromatic ring is 1. The summed E-state index contributed by atoms with van der Waals surface area (Å²) in [7, 11) is 0. The number of hydrogen-bond donors (Lipinski definition) is 4. The molecule has 0 amide bonds. The average molecular weight is 365 g/mol. The topological polar surface area (TPSA) is 122 Å². The van der Waals surface area contributed by atoms with E-state index in [0.29, 0.717) is 3.57 Å². The summed E-state index contributed by atoms with van der Waals surface area (Å²) in [5.74, 6) is 0.122. The lowest BCUT2D eigenvalue weighted by molar-refractivity contribution is 0.0271. The molecule has 98 valence electrons. The summed E-state index contributed by atoms with van der Waals surface area (Å²) in [4.78, 5) is 15.3. The van der Waals surface area contributed by atoms with E-state index in [-0.39, 0.29) is 18.0 Å². The Balaban J connectivity index is 2.47. The van der Waals surface area contributed by atoms with Gasteiger partial charge in [0.25, 0.3) is 0 Å². The predicted molar refractivity (Wildman–Crippen MR) is 71.8 cm³/mol. The molecular formula is C10H12IN3O4. The van der Waals surface area contributed by atoms with Crippen molar-refractivity contribution in [1.29, 1.82) is 0 Å². The molecule has 3 atom stereocenters. The van der Waals surface area contributed by atoms with Gasteiger partial charge < -0.3 is 21.1 Å². The van der Waals surface area contributed by atoms with Gasteiger partial charge in [-0.25, -0.2) is 4.79 Å². The molecule has 8 heteroatoms. The molecule has 2 rings (SSSR count). The zero-order valence-electron chi connectivity index (χ0n) is 9.19. The first-order chi connectivity index (χ1) is 8.45. The highest BCUT2D eigenvalue weighted by molar-refractivity contribution is 14.1. The van der Waals surface area contributed by atoms with Crippen LogP contribution in [-0.4, -0.2) is 43.7 Å². The van der Waals surface area contributed by atoms with E-state index in [0.717, 1.165) is 0 Å². The van der Waals surface area contributed by atoms with E-state index in [2.05, 4.69) is 4.98 Å². The van der Waals surface area contributed by atoms with Crippen LogP contribution in [0.15, 0.2) is 22.6 Å². The molecule has 0 radical (unpaired) electrons. The number of rotatable bonds is 2. The van der Waals surface area contributed by atoms with Crippen LogP contribution in [0.4, 0.5) is 5.82 Å². The monoisotopic (exact) mass is 365 g/mol. The van der Waals surface area contributed by atoms with Crippen molar-refractivity contribution in [2.24, 2.45) is 0 Å². The summed E-state index contributed by atoms with van der Waals surface area (Å²) in [6.45, 7) is -0.372. The van der Waals surface area contributed by atoms with Gasteiger partial charge in [-0.1, -0.05) is 6.08 Å². The molecule has 0 spiro atoms. The second-order valence-electron chi connectivity index (χ2n) is 3.99. The molecule has 1 heterocycles. The molecule has 0 aliphatic heterocycles. The quantitative estimate of drug-likeness (QED) is 0.379. The predicted octanol–water partition coefficient (Wildman–Crippen LogP) is -1.37. The maximum absolute atomic E-state index is 11.7. The fourth-order valence-electron chi connectivity index (χ4n) is 1.88. The van der Waals surface area contributed by atoms with Crippen molar-refractivity contribution < 1.29 is 15.3 Å². The summed E-state index contributed by atoms with van der Waals surface area (Å²) in [5, 5.41) is 28.5. The Morgan fingerprint density at radius 3 is 2.72 bits per heavy atom. The first-order valence-electron chi connectivity index (χ1n) is 5.17. The molecule has 0 fully saturated rings. The summed E-state index contributed by atoms with van der Waals surface area (Å²) < 4.78 is 1.76. The van der Waals surface area contributed by atoms with Gasteiger partial charge in [0, 0.05) is 6.20 Å².